The average Bonchev–Trinajstić information content (AvgIpc) is 3.12. The molecule has 26 heavy (non-hydrogen) atoms. The number of halogens is 1. The van der Waals surface area contributed by atoms with Crippen molar-refractivity contribution in [2.75, 3.05) is 39.4 Å². The number of nitrogens with one attached hydrogen (secondary N) is 2. The molecule has 0 spiro atoms. The summed E-state index contributed by atoms with van der Waals surface area (Å²) in [4.78, 5) is 2.34. The van der Waals surface area contributed by atoms with Gasteiger partial charge < -0.3 is 14.5 Å². The van der Waals surface area contributed by atoms with E-state index in [2.05, 4.69) is 36.7 Å². The number of hydrogen-bond acceptors (Lipinski definition) is 5. The first kappa shape index (κ1) is 19.0. The predicted molar refractivity (Wildman–Crippen MR) is 110 cm³/mol. The van der Waals surface area contributed by atoms with Gasteiger partial charge in [-0.15, -0.1) is 0 Å². The molecule has 138 valence electrons. The van der Waals surface area contributed by atoms with Crippen LogP contribution in [0.3, 0.4) is 0 Å². The predicted octanol–water partition coefficient (Wildman–Crippen LogP) is 2.84. The Hall–Kier alpha value is -1.74. The van der Waals surface area contributed by atoms with Gasteiger partial charge in [-0.1, -0.05) is 34.1 Å². The minimum Gasteiger partial charge on any atom is -0.455 e. The second kappa shape index (κ2) is 9.82. The number of hydrogen-bond donors (Lipinski definition) is 2. The number of benzene rings is 1. The second-order valence-electron chi connectivity index (χ2n) is 5.76. The molecular formula is C18H21BrN4O2S. The Kier molecular flexibility index (Phi) is 7.19. The standard InChI is InChI=1S/C18H21BrN4O2S/c19-16-4-2-1-3-15(16)17-6-5-14(25-17)13-21-22-18(26)20-7-8-23-9-11-24-12-10-23/h1-6,13H,7-12H2,(H2,20,22,26)/b21-13-. The third kappa shape index (κ3) is 5.63. The summed E-state index contributed by atoms with van der Waals surface area (Å²) in [6, 6.07) is 11.7. The highest BCUT2D eigenvalue weighted by molar-refractivity contribution is 9.10. The number of ether oxygens (including phenoxy) is 1. The Bertz CT molecular complexity index is 759. The van der Waals surface area contributed by atoms with E-state index in [1.165, 1.54) is 0 Å². The lowest BCUT2D eigenvalue weighted by molar-refractivity contribution is 0.0389. The number of nitrogens with zero attached hydrogens (tertiary/aromatic N) is 2. The highest BCUT2D eigenvalue weighted by Gasteiger charge is 2.09. The summed E-state index contributed by atoms with van der Waals surface area (Å²) in [7, 11) is 0. The van der Waals surface area contributed by atoms with Gasteiger partial charge in [-0.25, -0.2) is 0 Å². The summed E-state index contributed by atoms with van der Waals surface area (Å²) < 4.78 is 12.1. The Morgan fingerprint density at radius 3 is 2.85 bits per heavy atom. The molecule has 1 aliphatic rings. The molecule has 0 atom stereocenters. The molecule has 0 saturated carbocycles. The lowest BCUT2D eigenvalue weighted by Gasteiger charge is -2.26. The van der Waals surface area contributed by atoms with E-state index in [1.54, 1.807) is 6.21 Å². The summed E-state index contributed by atoms with van der Waals surface area (Å²) in [6.45, 7) is 5.25. The Morgan fingerprint density at radius 1 is 1.23 bits per heavy atom. The molecular weight excluding hydrogens is 416 g/mol. The largest absolute Gasteiger partial charge is 0.455 e. The molecule has 1 fully saturated rings. The van der Waals surface area contributed by atoms with Crippen molar-refractivity contribution in [2.45, 2.75) is 0 Å². The van der Waals surface area contributed by atoms with Crippen LogP contribution in [0.15, 0.2) is 50.4 Å². The third-order valence-electron chi connectivity index (χ3n) is 3.94. The quantitative estimate of drug-likeness (QED) is 0.412. The average molecular weight is 437 g/mol. The number of rotatable bonds is 6. The zero-order valence-corrected chi connectivity index (χ0v) is 16.7. The van der Waals surface area contributed by atoms with Crippen LogP contribution >= 0.6 is 28.1 Å². The van der Waals surface area contributed by atoms with Crippen molar-refractivity contribution >= 4 is 39.5 Å². The van der Waals surface area contributed by atoms with E-state index in [-0.39, 0.29) is 0 Å². The van der Waals surface area contributed by atoms with Crippen molar-refractivity contribution < 1.29 is 9.15 Å². The van der Waals surface area contributed by atoms with Gasteiger partial charge in [0.05, 0.1) is 19.4 Å². The minimum absolute atomic E-state index is 0.493. The fraction of sp³-hybridized carbons (Fsp3) is 0.333. The van der Waals surface area contributed by atoms with Crippen molar-refractivity contribution in [3.63, 3.8) is 0 Å². The van der Waals surface area contributed by atoms with Gasteiger partial charge in [0.25, 0.3) is 0 Å². The van der Waals surface area contributed by atoms with Crippen LogP contribution in [0.1, 0.15) is 5.76 Å². The molecule has 2 heterocycles. The van der Waals surface area contributed by atoms with E-state index < -0.39 is 0 Å². The summed E-state index contributed by atoms with van der Waals surface area (Å²) in [5, 5.41) is 7.75. The molecule has 0 unspecified atom stereocenters. The fourth-order valence-corrected chi connectivity index (χ4v) is 3.21. The fourth-order valence-electron chi connectivity index (χ4n) is 2.57. The van der Waals surface area contributed by atoms with E-state index in [0.29, 0.717) is 10.9 Å². The molecule has 1 aromatic heterocycles. The lowest BCUT2D eigenvalue weighted by Crippen LogP contribution is -2.42. The Morgan fingerprint density at radius 2 is 2.04 bits per heavy atom. The first-order valence-corrected chi connectivity index (χ1v) is 9.64. The normalized spacial score (nSPS) is 15.3. The van der Waals surface area contributed by atoms with Crippen LogP contribution < -0.4 is 10.7 Å². The Balaban J connectivity index is 1.42. The Labute approximate surface area is 166 Å². The third-order valence-corrected chi connectivity index (χ3v) is 4.87. The maximum Gasteiger partial charge on any atom is 0.187 e. The molecule has 8 heteroatoms. The maximum absolute atomic E-state index is 5.79. The van der Waals surface area contributed by atoms with Crippen molar-refractivity contribution in [1.82, 2.24) is 15.6 Å². The summed E-state index contributed by atoms with van der Waals surface area (Å²) in [5.74, 6) is 1.43. The monoisotopic (exact) mass is 436 g/mol. The zero-order valence-electron chi connectivity index (χ0n) is 14.3. The topological polar surface area (TPSA) is 62.0 Å². The van der Waals surface area contributed by atoms with Gasteiger partial charge in [0.15, 0.2) is 5.11 Å². The van der Waals surface area contributed by atoms with Crippen LogP contribution in [-0.2, 0) is 4.74 Å². The van der Waals surface area contributed by atoms with Gasteiger partial charge in [-0.05, 0) is 30.4 Å². The van der Waals surface area contributed by atoms with Crippen molar-refractivity contribution in [2.24, 2.45) is 5.10 Å². The van der Waals surface area contributed by atoms with Crippen LogP contribution in [0.5, 0.6) is 0 Å². The van der Waals surface area contributed by atoms with Gasteiger partial charge >= 0.3 is 0 Å². The van der Waals surface area contributed by atoms with Crippen molar-refractivity contribution in [3.05, 3.63) is 46.6 Å². The van der Waals surface area contributed by atoms with Crippen LogP contribution in [0.25, 0.3) is 11.3 Å². The zero-order chi connectivity index (χ0) is 18.2. The second-order valence-corrected chi connectivity index (χ2v) is 7.02. The summed E-state index contributed by atoms with van der Waals surface area (Å²) >= 11 is 8.74. The van der Waals surface area contributed by atoms with Crippen LogP contribution in [-0.4, -0.2) is 55.6 Å². The number of hydrazone groups is 1. The smallest absolute Gasteiger partial charge is 0.187 e. The molecule has 0 bridgehead atoms. The highest BCUT2D eigenvalue weighted by Crippen LogP contribution is 2.28. The number of morpholine rings is 1. The summed E-state index contributed by atoms with van der Waals surface area (Å²) in [5.41, 5.74) is 3.81. The molecule has 1 aromatic carbocycles. The van der Waals surface area contributed by atoms with Crippen LogP contribution in [0, 0.1) is 0 Å². The molecule has 0 amide bonds. The molecule has 2 N–H and O–H groups in total. The molecule has 3 rings (SSSR count). The highest BCUT2D eigenvalue weighted by atomic mass is 79.9. The van der Waals surface area contributed by atoms with E-state index in [9.17, 15) is 0 Å². The van der Waals surface area contributed by atoms with E-state index in [4.69, 9.17) is 21.4 Å². The van der Waals surface area contributed by atoms with E-state index in [0.717, 1.165) is 55.2 Å². The van der Waals surface area contributed by atoms with E-state index in [1.807, 2.05) is 36.4 Å². The first-order chi connectivity index (χ1) is 12.7. The SMILES string of the molecule is S=C(NCCN1CCOCC1)N/N=C\c1ccc(-c2ccccc2Br)o1. The van der Waals surface area contributed by atoms with Gasteiger partial charge in [-0.3, -0.25) is 10.3 Å². The lowest BCUT2D eigenvalue weighted by atomic mass is 10.2. The van der Waals surface area contributed by atoms with Gasteiger partial charge in [0.1, 0.15) is 11.5 Å². The van der Waals surface area contributed by atoms with Crippen LogP contribution in [0.2, 0.25) is 0 Å². The molecule has 0 radical (unpaired) electrons. The molecule has 0 aliphatic carbocycles. The van der Waals surface area contributed by atoms with Crippen molar-refractivity contribution in [3.8, 4) is 11.3 Å². The van der Waals surface area contributed by atoms with Gasteiger partial charge in [0.2, 0.25) is 0 Å². The number of furan rings is 1. The minimum atomic E-state index is 0.493. The van der Waals surface area contributed by atoms with Crippen LogP contribution in [0.4, 0.5) is 0 Å². The van der Waals surface area contributed by atoms with E-state index >= 15 is 0 Å². The molecule has 6 nitrogen and oxygen atoms in total. The van der Waals surface area contributed by atoms with Gasteiger partial charge in [0, 0.05) is 36.2 Å². The molecule has 1 aliphatic heterocycles. The van der Waals surface area contributed by atoms with Crippen molar-refractivity contribution in [1.29, 1.82) is 0 Å². The molecule has 2 aromatic rings. The first-order valence-electron chi connectivity index (χ1n) is 8.44. The van der Waals surface area contributed by atoms with Gasteiger partial charge in [-0.2, -0.15) is 5.10 Å². The maximum atomic E-state index is 5.79. The number of thiocarbonyl (C=S) groups is 1. The molecule has 1 saturated heterocycles. The summed E-state index contributed by atoms with van der Waals surface area (Å²) in [6.07, 6.45) is 1.61.